The van der Waals surface area contributed by atoms with Gasteiger partial charge in [-0.05, 0) is 6.92 Å². The van der Waals surface area contributed by atoms with E-state index < -0.39 is 4.92 Å². The minimum absolute atomic E-state index is 0.0189. The third-order valence-corrected chi connectivity index (χ3v) is 3.77. The summed E-state index contributed by atoms with van der Waals surface area (Å²) >= 11 is 1.16. The Morgan fingerprint density at radius 3 is 2.88 bits per heavy atom. The van der Waals surface area contributed by atoms with Crippen molar-refractivity contribution < 1.29 is 9.72 Å². The van der Waals surface area contributed by atoms with Gasteiger partial charge in [-0.25, -0.2) is 0 Å². The molecule has 92 valence electrons. The monoisotopic (exact) mass is 255 g/mol. The molecule has 1 amide bonds. The molecule has 2 rings (SSSR count). The lowest BCUT2D eigenvalue weighted by Gasteiger charge is -2.26. The molecule has 0 spiro atoms. The summed E-state index contributed by atoms with van der Waals surface area (Å²) in [6, 6.07) is 1.34. The van der Waals surface area contributed by atoms with Gasteiger partial charge in [0, 0.05) is 31.6 Å². The number of nitrogens with zero attached hydrogens (tertiary/aromatic N) is 1. The Hall–Kier alpha value is -1.47. The molecule has 17 heavy (non-hydrogen) atoms. The highest BCUT2D eigenvalue weighted by atomic mass is 32.1. The van der Waals surface area contributed by atoms with Gasteiger partial charge >= 0.3 is 0 Å². The van der Waals surface area contributed by atoms with Crippen LogP contribution in [0.2, 0.25) is 0 Å². The zero-order valence-electron chi connectivity index (χ0n) is 9.36. The summed E-state index contributed by atoms with van der Waals surface area (Å²) in [6.45, 7) is 4.11. The third-order valence-electron chi connectivity index (χ3n) is 2.73. The number of carbonyl (C=O) groups excluding carboxylic acids is 1. The molecular formula is C10H13N3O3S. The summed E-state index contributed by atoms with van der Waals surface area (Å²) in [5.41, 5.74) is 0.0189. The standard InChI is InChI=1S/C10H13N3O3S/c1-6-8(13(15)16)2-9(17-6)10(14)12-5-7-3-11-4-7/h2,7,11H,3-5H2,1H3,(H,12,14). The summed E-state index contributed by atoms with van der Waals surface area (Å²) in [5, 5.41) is 16.6. The van der Waals surface area contributed by atoms with Crippen molar-refractivity contribution in [1.82, 2.24) is 10.6 Å². The van der Waals surface area contributed by atoms with E-state index in [2.05, 4.69) is 10.6 Å². The molecule has 1 aliphatic rings. The van der Waals surface area contributed by atoms with Crippen molar-refractivity contribution >= 4 is 22.9 Å². The van der Waals surface area contributed by atoms with Crippen molar-refractivity contribution in [1.29, 1.82) is 0 Å². The molecule has 0 saturated carbocycles. The maximum atomic E-state index is 11.7. The molecule has 0 radical (unpaired) electrons. The van der Waals surface area contributed by atoms with Crippen LogP contribution in [0.4, 0.5) is 5.69 Å². The van der Waals surface area contributed by atoms with Gasteiger partial charge in [0.15, 0.2) is 0 Å². The summed E-state index contributed by atoms with van der Waals surface area (Å²) in [6.07, 6.45) is 0. The Bertz CT molecular complexity index is 454. The van der Waals surface area contributed by atoms with E-state index in [0.717, 1.165) is 24.4 Å². The molecule has 0 bridgehead atoms. The summed E-state index contributed by atoms with van der Waals surface area (Å²) in [5.74, 6) is 0.257. The van der Waals surface area contributed by atoms with Crippen LogP contribution < -0.4 is 10.6 Å². The van der Waals surface area contributed by atoms with E-state index in [0.29, 0.717) is 22.2 Å². The SMILES string of the molecule is Cc1sc(C(=O)NCC2CNC2)cc1[N+](=O)[O-]. The first kappa shape index (κ1) is 12.0. The molecule has 0 atom stereocenters. The Morgan fingerprint density at radius 2 is 2.41 bits per heavy atom. The van der Waals surface area contributed by atoms with Gasteiger partial charge in [0.1, 0.15) is 0 Å². The number of rotatable bonds is 4. The Balaban J connectivity index is 1.98. The summed E-state index contributed by atoms with van der Waals surface area (Å²) in [7, 11) is 0. The molecule has 1 aromatic heterocycles. The fourth-order valence-electron chi connectivity index (χ4n) is 1.58. The number of hydrogen-bond donors (Lipinski definition) is 2. The number of hydrogen-bond acceptors (Lipinski definition) is 5. The minimum Gasteiger partial charge on any atom is -0.351 e. The van der Waals surface area contributed by atoms with Gasteiger partial charge < -0.3 is 10.6 Å². The topological polar surface area (TPSA) is 84.3 Å². The number of aryl methyl sites for hydroxylation is 1. The molecule has 7 heteroatoms. The zero-order chi connectivity index (χ0) is 12.4. The summed E-state index contributed by atoms with van der Waals surface area (Å²) < 4.78 is 0. The number of amides is 1. The van der Waals surface area contributed by atoms with E-state index >= 15 is 0 Å². The Labute approximate surface area is 102 Å². The second kappa shape index (κ2) is 4.80. The third kappa shape index (κ3) is 2.62. The van der Waals surface area contributed by atoms with Crippen LogP contribution >= 0.6 is 11.3 Å². The van der Waals surface area contributed by atoms with Crippen LogP contribution in [0.25, 0.3) is 0 Å². The van der Waals surface area contributed by atoms with Crippen LogP contribution in [0.5, 0.6) is 0 Å². The highest BCUT2D eigenvalue weighted by Gasteiger charge is 2.21. The van der Waals surface area contributed by atoms with E-state index in [1.165, 1.54) is 6.07 Å². The van der Waals surface area contributed by atoms with Gasteiger partial charge in [-0.1, -0.05) is 0 Å². The fourth-order valence-corrected chi connectivity index (χ4v) is 2.49. The van der Waals surface area contributed by atoms with Gasteiger partial charge in [-0.15, -0.1) is 11.3 Å². The fraction of sp³-hybridized carbons (Fsp3) is 0.500. The van der Waals surface area contributed by atoms with Crippen LogP contribution in [-0.2, 0) is 0 Å². The first-order chi connectivity index (χ1) is 8.08. The van der Waals surface area contributed by atoms with Crippen LogP contribution in [0.1, 0.15) is 14.5 Å². The molecule has 0 aromatic carbocycles. The highest BCUT2D eigenvalue weighted by molar-refractivity contribution is 7.14. The summed E-state index contributed by atoms with van der Waals surface area (Å²) in [4.78, 5) is 22.9. The maximum absolute atomic E-state index is 11.7. The average molecular weight is 255 g/mol. The molecule has 1 saturated heterocycles. The highest BCUT2D eigenvalue weighted by Crippen LogP contribution is 2.27. The van der Waals surface area contributed by atoms with Crippen molar-refractivity contribution in [3.63, 3.8) is 0 Å². The Morgan fingerprint density at radius 1 is 1.71 bits per heavy atom. The lowest BCUT2D eigenvalue weighted by Crippen LogP contribution is -2.48. The number of thiophene rings is 1. The number of nitrogens with one attached hydrogen (secondary N) is 2. The van der Waals surface area contributed by atoms with E-state index in [4.69, 9.17) is 0 Å². The number of carbonyl (C=O) groups is 1. The van der Waals surface area contributed by atoms with Crippen molar-refractivity contribution in [2.24, 2.45) is 5.92 Å². The van der Waals surface area contributed by atoms with Crippen LogP contribution in [0.15, 0.2) is 6.07 Å². The molecule has 0 unspecified atom stereocenters. The second-order valence-electron chi connectivity index (χ2n) is 4.04. The van der Waals surface area contributed by atoms with Gasteiger partial charge in [0.2, 0.25) is 0 Å². The van der Waals surface area contributed by atoms with Gasteiger partial charge in [-0.2, -0.15) is 0 Å². The van der Waals surface area contributed by atoms with Gasteiger partial charge in [0.25, 0.3) is 11.6 Å². The van der Waals surface area contributed by atoms with E-state index in [9.17, 15) is 14.9 Å². The maximum Gasteiger partial charge on any atom is 0.283 e. The molecule has 0 aliphatic carbocycles. The van der Waals surface area contributed by atoms with Gasteiger partial charge in [-0.3, -0.25) is 14.9 Å². The van der Waals surface area contributed by atoms with E-state index in [1.54, 1.807) is 6.92 Å². The average Bonchev–Trinajstić information content (AvgIpc) is 2.58. The predicted molar refractivity (Wildman–Crippen MR) is 64.4 cm³/mol. The first-order valence-corrected chi connectivity index (χ1v) is 6.13. The van der Waals surface area contributed by atoms with Gasteiger partial charge in [0.05, 0.1) is 14.7 Å². The minimum atomic E-state index is -0.460. The molecule has 2 N–H and O–H groups in total. The van der Waals surface area contributed by atoms with Crippen molar-refractivity contribution in [2.75, 3.05) is 19.6 Å². The molecule has 2 heterocycles. The molecule has 1 aliphatic heterocycles. The molecule has 1 aromatic rings. The second-order valence-corrected chi connectivity index (χ2v) is 5.30. The normalized spacial score (nSPS) is 15.4. The lowest BCUT2D eigenvalue weighted by atomic mass is 10.0. The van der Waals surface area contributed by atoms with Crippen LogP contribution in [0.3, 0.4) is 0 Å². The largest absolute Gasteiger partial charge is 0.351 e. The van der Waals surface area contributed by atoms with Crippen LogP contribution in [-0.4, -0.2) is 30.5 Å². The zero-order valence-corrected chi connectivity index (χ0v) is 10.2. The smallest absolute Gasteiger partial charge is 0.283 e. The van der Waals surface area contributed by atoms with Crippen molar-refractivity contribution in [3.8, 4) is 0 Å². The Kier molecular flexibility index (Phi) is 3.39. The van der Waals surface area contributed by atoms with E-state index in [-0.39, 0.29) is 11.6 Å². The predicted octanol–water partition coefficient (Wildman–Crippen LogP) is 0.914. The molecular weight excluding hydrogens is 242 g/mol. The van der Waals surface area contributed by atoms with E-state index in [1.807, 2.05) is 0 Å². The van der Waals surface area contributed by atoms with Crippen molar-refractivity contribution in [2.45, 2.75) is 6.92 Å². The lowest BCUT2D eigenvalue weighted by molar-refractivity contribution is -0.385. The van der Waals surface area contributed by atoms with Crippen LogP contribution in [0, 0.1) is 23.0 Å². The first-order valence-electron chi connectivity index (χ1n) is 5.31. The molecule has 1 fully saturated rings. The molecule has 6 nitrogen and oxygen atoms in total. The van der Waals surface area contributed by atoms with Crippen molar-refractivity contribution in [3.05, 3.63) is 25.9 Å². The quantitative estimate of drug-likeness (QED) is 0.618. The number of nitro groups is 1.